The molecule has 0 bridgehead atoms. The molecular weight excluding hydrogens is 211 g/mol. The Morgan fingerprint density at radius 1 is 1.20 bits per heavy atom. The summed E-state index contributed by atoms with van der Waals surface area (Å²) in [5.41, 5.74) is 0. The molecule has 5 heavy (non-hydrogen) atoms. The number of rotatable bonds is 0. The minimum absolute atomic E-state index is 0.603. The Morgan fingerprint density at radius 3 is 1.20 bits per heavy atom. The fraction of sp³-hybridized carbons (Fsp3) is 0. The second-order valence-electron chi connectivity index (χ2n) is 0.0833. The molecule has 0 aliphatic carbocycles. The summed E-state index contributed by atoms with van der Waals surface area (Å²) in [7, 11) is 8.76. The van der Waals surface area contributed by atoms with E-state index in [0.717, 1.165) is 0 Å². The minimum atomic E-state index is -0.603. The Kier molecular flexibility index (Phi) is 36.3. The van der Waals surface area contributed by atoms with E-state index in [1.807, 2.05) is 0 Å². The standard InChI is InChI=1S/H4N2.2S.Sn/c1-2;;;/h1-2H2;;;. The van der Waals surface area contributed by atoms with Crippen LogP contribution in [0.4, 0.5) is 0 Å². The monoisotopic (exact) mass is 216 g/mol. The van der Waals surface area contributed by atoms with Gasteiger partial charge in [0.2, 0.25) is 0 Å². The van der Waals surface area contributed by atoms with Gasteiger partial charge in [-0.2, -0.15) is 0 Å². The van der Waals surface area contributed by atoms with Gasteiger partial charge in [-0.3, -0.25) is 11.7 Å². The second kappa shape index (κ2) is 19.1. The topological polar surface area (TPSA) is 52.0 Å². The molecule has 0 fully saturated rings. The van der Waals surface area contributed by atoms with E-state index in [0.29, 0.717) is 0 Å². The normalized spacial score (nSPS) is 2.80. The summed E-state index contributed by atoms with van der Waals surface area (Å²) in [6.07, 6.45) is 0. The first-order valence-corrected chi connectivity index (χ1v) is 8.55. The molecular formula is H4N2S2Sn. The van der Waals surface area contributed by atoms with Crippen molar-refractivity contribution in [1.29, 1.82) is 0 Å². The summed E-state index contributed by atoms with van der Waals surface area (Å²) < 4.78 is 0. The van der Waals surface area contributed by atoms with Crippen LogP contribution in [0, 0.1) is 0 Å². The molecule has 0 rings (SSSR count). The molecule has 0 amide bonds. The van der Waals surface area contributed by atoms with Crippen molar-refractivity contribution in [3.05, 3.63) is 0 Å². The Hall–Kier alpha value is 1.16. The number of hydrazine groups is 1. The Labute approximate surface area is 47.4 Å². The van der Waals surface area contributed by atoms with E-state index in [2.05, 4.69) is 30.3 Å². The fourth-order valence-electron chi connectivity index (χ4n) is 0. The van der Waals surface area contributed by atoms with Crippen molar-refractivity contribution in [2.45, 2.75) is 0 Å². The van der Waals surface area contributed by atoms with Crippen LogP contribution in [0.3, 0.4) is 0 Å². The SMILES string of the molecule is NN.[S]=[Sn]=[S]. The molecule has 0 heterocycles. The zero-order valence-corrected chi connectivity index (χ0v) is 6.96. The molecule has 0 saturated heterocycles. The third-order valence-electron chi connectivity index (χ3n) is 0. The van der Waals surface area contributed by atoms with Crippen LogP contribution in [-0.2, 0) is 0 Å². The van der Waals surface area contributed by atoms with Gasteiger partial charge in [-0.25, -0.2) is 0 Å². The van der Waals surface area contributed by atoms with E-state index in [4.69, 9.17) is 0 Å². The molecule has 0 aliphatic heterocycles. The zero-order valence-electron chi connectivity index (χ0n) is 2.47. The van der Waals surface area contributed by atoms with E-state index >= 15 is 0 Å². The van der Waals surface area contributed by atoms with Gasteiger partial charge in [0.1, 0.15) is 0 Å². The number of hydrogen-bond acceptors (Lipinski definition) is 4. The van der Waals surface area contributed by atoms with E-state index in [9.17, 15) is 0 Å². The molecule has 0 atom stereocenters. The van der Waals surface area contributed by atoms with Crippen LogP contribution in [0.25, 0.3) is 0 Å². The maximum atomic E-state index is 4.38. The molecule has 0 aliphatic rings. The van der Waals surface area contributed by atoms with Crippen LogP contribution >= 0.6 is 18.6 Å². The van der Waals surface area contributed by atoms with Gasteiger partial charge in [0.25, 0.3) is 0 Å². The van der Waals surface area contributed by atoms with Gasteiger partial charge < -0.3 is 0 Å². The maximum absolute atomic E-state index is 4.38. The first kappa shape index (κ1) is 9.48. The molecule has 30 valence electrons. The number of nitrogens with two attached hydrogens (primary N) is 2. The molecule has 0 spiro atoms. The molecule has 0 aromatic rings. The van der Waals surface area contributed by atoms with E-state index in [1.54, 1.807) is 0 Å². The van der Waals surface area contributed by atoms with Crippen molar-refractivity contribution in [2.24, 2.45) is 11.7 Å². The van der Waals surface area contributed by atoms with Crippen molar-refractivity contribution in [3.63, 3.8) is 0 Å². The fourth-order valence-corrected chi connectivity index (χ4v) is 0. The molecule has 4 N–H and O–H groups in total. The summed E-state index contributed by atoms with van der Waals surface area (Å²) >= 11 is -0.603. The Balaban J connectivity index is 0. The molecule has 0 saturated carbocycles. The predicted molar refractivity (Wildman–Crippen MR) is 29.3 cm³/mol. The van der Waals surface area contributed by atoms with Gasteiger partial charge >= 0.3 is 35.8 Å². The quantitative estimate of drug-likeness (QED) is 0.332. The molecule has 0 aromatic carbocycles. The van der Waals surface area contributed by atoms with Gasteiger partial charge in [0.05, 0.1) is 0 Å². The van der Waals surface area contributed by atoms with Crippen LogP contribution < -0.4 is 11.7 Å². The molecule has 0 unspecified atom stereocenters. The first-order valence-electron chi connectivity index (χ1n) is 0.742. The van der Waals surface area contributed by atoms with Gasteiger partial charge in [-0.05, 0) is 0 Å². The average Bonchev–Trinajstić information content (AvgIpc) is 1.46. The van der Waals surface area contributed by atoms with Crippen LogP contribution in [-0.4, -0.2) is 17.3 Å². The molecule has 0 aromatic heterocycles. The van der Waals surface area contributed by atoms with Gasteiger partial charge in [0.15, 0.2) is 0 Å². The zero-order chi connectivity index (χ0) is 4.71. The summed E-state index contributed by atoms with van der Waals surface area (Å²) in [5.74, 6) is 8.00. The van der Waals surface area contributed by atoms with Crippen LogP contribution in [0.5, 0.6) is 0 Å². The van der Waals surface area contributed by atoms with E-state index < -0.39 is 17.3 Å². The van der Waals surface area contributed by atoms with Crippen molar-refractivity contribution in [3.8, 4) is 0 Å². The molecule has 2 nitrogen and oxygen atoms in total. The predicted octanol–water partition coefficient (Wildman–Crippen LogP) is -0.266. The first-order chi connectivity index (χ1) is 2.41. The van der Waals surface area contributed by atoms with Crippen molar-refractivity contribution in [1.82, 2.24) is 0 Å². The summed E-state index contributed by atoms with van der Waals surface area (Å²) in [6, 6.07) is 0. The van der Waals surface area contributed by atoms with Crippen LogP contribution in [0.1, 0.15) is 0 Å². The third-order valence-corrected chi connectivity index (χ3v) is 0. The van der Waals surface area contributed by atoms with Gasteiger partial charge in [-0.1, -0.05) is 0 Å². The van der Waals surface area contributed by atoms with E-state index in [-0.39, 0.29) is 0 Å². The van der Waals surface area contributed by atoms with Crippen LogP contribution in [0.2, 0.25) is 0 Å². The third kappa shape index (κ3) is 38.3. The van der Waals surface area contributed by atoms with Crippen molar-refractivity contribution in [2.75, 3.05) is 0 Å². The summed E-state index contributed by atoms with van der Waals surface area (Å²) in [6.45, 7) is 0. The summed E-state index contributed by atoms with van der Waals surface area (Å²) in [5, 5.41) is 0. The second-order valence-corrected chi connectivity index (χ2v) is 5.03. The van der Waals surface area contributed by atoms with Crippen molar-refractivity contribution < 1.29 is 0 Å². The average molecular weight is 215 g/mol. The Morgan fingerprint density at radius 2 is 1.20 bits per heavy atom. The van der Waals surface area contributed by atoms with Gasteiger partial charge in [0, 0.05) is 0 Å². The van der Waals surface area contributed by atoms with Crippen molar-refractivity contribution >= 4 is 35.8 Å². The van der Waals surface area contributed by atoms with E-state index in [1.165, 1.54) is 0 Å². The van der Waals surface area contributed by atoms with Crippen LogP contribution in [0.15, 0.2) is 0 Å². The van der Waals surface area contributed by atoms with Gasteiger partial charge in [-0.15, -0.1) is 0 Å². The summed E-state index contributed by atoms with van der Waals surface area (Å²) in [4.78, 5) is 0. The number of hydrogen-bond donors (Lipinski definition) is 2. The Bertz CT molecular complexity index is 28.6. The molecule has 5 heteroatoms. The molecule has 0 radical (unpaired) electrons.